The molecule has 1 amide bonds. The lowest BCUT2D eigenvalue weighted by molar-refractivity contribution is 0.102. The first-order valence-electron chi connectivity index (χ1n) is 5.99. The topological polar surface area (TPSA) is 41.1 Å². The second kappa shape index (κ2) is 6.11. The number of carbonyl (C=O) groups is 1. The van der Waals surface area contributed by atoms with Crippen LogP contribution in [-0.4, -0.2) is 13.0 Å². The standard InChI is InChI=1S/C15H15FN2O/c1-17-10-11-2-8-14(9-3-11)18-15(19)12-4-6-13(16)7-5-12/h2-9,17H,10H2,1H3,(H,18,19). The quantitative estimate of drug-likeness (QED) is 0.885. The van der Waals surface area contributed by atoms with Crippen LogP contribution in [0.5, 0.6) is 0 Å². The Hall–Kier alpha value is -2.20. The normalized spacial score (nSPS) is 10.2. The third-order valence-electron chi connectivity index (χ3n) is 2.70. The summed E-state index contributed by atoms with van der Waals surface area (Å²) in [5.74, 6) is -0.602. The molecule has 0 aliphatic heterocycles. The zero-order valence-electron chi connectivity index (χ0n) is 10.6. The Morgan fingerprint density at radius 2 is 1.68 bits per heavy atom. The van der Waals surface area contributed by atoms with Gasteiger partial charge in [0.2, 0.25) is 0 Å². The van der Waals surface area contributed by atoms with Gasteiger partial charge in [-0.3, -0.25) is 4.79 Å². The Balaban J connectivity index is 2.04. The van der Waals surface area contributed by atoms with E-state index in [9.17, 15) is 9.18 Å². The Labute approximate surface area is 111 Å². The number of anilines is 1. The summed E-state index contributed by atoms with van der Waals surface area (Å²) in [4.78, 5) is 11.9. The van der Waals surface area contributed by atoms with E-state index in [2.05, 4.69) is 10.6 Å². The van der Waals surface area contributed by atoms with Crippen molar-refractivity contribution in [3.05, 3.63) is 65.5 Å². The van der Waals surface area contributed by atoms with Crippen molar-refractivity contribution >= 4 is 11.6 Å². The molecule has 2 aromatic carbocycles. The van der Waals surface area contributed by atoms with E-state index >= 15 is 0 Å². The minimum absolute atomic E-state index is 0.249. The Bertz CT molecular complexity index is 549. The zero-order valence-corrected chi connectivity index (χ0v) is 10.6. The van der Waals surface area contributed by atoms with Crippen LogP contribution in [0.3, 0.4) is 0 Å². The SMILES string of the molecule is CNCc1ccc(NC(=O)c2ccc(F)cc2)cc1. The maximum Gasteiger partial charge on any atom is 0.255 e. The minimum atomic E-state index is -0.354. The van der Waals surface area contributed by atoms with Crippen molar-refractivity contribution in [2.45, 2.75) is 6.54 Å². The highest BCUT2D eigenvalue weighted by atomic mass is 19.1. The van der Waals surface area contributed by atoms with Gasteiger partial charge in [0.1, 0.15) is 5.82 Å². The van der Waals surface area contributed by atoms with E-state index in [1.54, 1.807) is 0 Å². The molecule has 2 aromatic rings. The largest absolute Gasteiger partial charge is 0.322 e. The van der Waals surface area contributed by atoms with Gasteiger partial charge in [-0.25, -0.2) is 4.39 Å². The molecule has 4 heteroatoms. The highest BCUT2D eigenvalue weighted by Crippen LogP contribution is 2.11. The highest BCUT2D eigenvalue weighted by Gasteiger charge is 2.05. The number of rotatable bonds is 4. The number of hydrogen-bond acceptors (Lipinski definition) is 2. The monoisotopic (exact) mass is 258 g/mol. The van der Waals surface area contributed by atoms with E-state index in [4.69, 9.17) is 0 Å². The van der Waals surface area contributed by atoms with E-state index in [1.807, 2.05) is 31.3 Å². The van der Waals surface area contributed by atoms with Crippen molar-refractivity contribution < 1.29 is 9.18 Å². The molecule has 0 spiro atoms. The molecule has 98 valence electrons. The van der Waals surface area contributed by atoms with Gasteiger partial charge in [0.05, 0.1) is 0 Å². The lowest BCUT2D eigenvalue weighted by atomic mass is 10.2. The lowest BCUT2D eigenvalue weighted by Crippen LogP contribution is -2.12. The summed E-state index contributed by atoms with van der Waals surface area (Å²) in [5.41, 5.74) is 2.29. The molecule has 0 atom stereocenters. The van der Waals surface area contributed by atoms with Crippen molar-refractivity contribution in [1.29, 1.82) is 0 Å². The predicted molar refractivity (Wildman–Crippen MR) is 73.6 cm³/mol. The third-order valence-corrected chi connectivity index (χ3v) is 2.70. The maximum absolute atomic E-state index is 12.8. The summed E-state index contributed by atoms with van der Waals surface area (Å²) in [6.07, 6.45) is 0. The summed E-state index contributed by atoms with van der Waals surface area (Å²) >= 11 is 0. The molecule has 0 heterocycles. The number of amides is 1. The van der Waals surface area contributed by atoms with Crippen LogP contribution in [0.2, 0.25) is 0 Å². The fourth-order valence-corrected chi connectivity index (χ4v) is 1.71. The third kappa shape index (κ3) is 3.63. The Kier molecular flexibility index (Phi) is 4.26. The van der Waals surface area contributed by atoms with Crippen LogP contribution in [0, 0.1) is 5.82 Å². The van der Waals surface area contributed by atoms with Gasteiger partial charge in [0, 0.05) is 17.8 Å². The summed E-state index contributed by atoms with van der Waals surface area (Å²) in [5, 5.41) is 5.82. The minimum Gasteiger partial charge on any atom is -0.322 e. The maximum atomic E-state index is 12.8. The Morgan fingerprint density at radius 3 is 2.26 bits per heavy atom. The molecule has 3 nitrogen and oxygen atoms in total. The first-order chi connectivity index (χ1) is 9.19. The summed E-state index contributed by atoms with van der Waals surface area (Å²) in [6.45, 7) is 0.784. The van der Waals surface area contributed by atoms with Crippen molar-refractivity contribution in [1.82, 2.24) is 5.32 Å². The first-order valence-corrected chi connectivity index (χ1v) is 5.99. The number of nitrogens with one attached hydrogen (secondary N) is 2. The van der Waals surface area contributed by atoms with Crippen LogP contribution in [0.15, 0.2) is 48.5 Å². The fourth-order valence-electron chi connectivity index (χ4n) is 1.71. The lowest BCUT2D eigenvalue weighted by Gasteiger charge is -2.06. The van der Waals surface area contributed by atoms with Crippen LogP contribution >= 0.6 is 0 Å². The average Bonchev–Trinajstić information content (AvgIpc) is 2.42. The molecule has 0 radical (unpaired) electrons. The summed E-state index contributed by atoms with van der Waals surface area (Å²) in [6, 6.07) is 13.0. The number of halogens is 1. The van der Waals surface area contributed by atoms with Gasteiger partial charge in [-0.15, -0.1) is 0 Å². The molecule has 2 N–H and O–H groups in total. The van der Waals surface area contributed by atoms with Gasteiger partial charge in [0.25, 0.3) is 5.91 Å². The fraction of sp³-hybridized carbons (Fsp3) is 0.133. The van der Waals surface area contributed by atoms with Gasteiger partial charge in [-0.2, -0.15) is 0 Å². The molecule has 0 aromatic heterocycles. The van der Waals surface area contributed by atoms with Crippen molar-refractivity contribution in [3.63, 3.8) is 0 Å². The van der Waals surface area contributed by atoms with E-state index in [0.717, 1.165) is 12.1 Å². The van der Waals surface area contributed by atoms with Crippen molar-refractivity contribution in [2.75, 3.05) is 12.4 Å². The molecule has 0 saturated carbocycles. The summed E-state index contributed by atoms with van der Waals surface area (Å²) in [7, 11) is 1.88. The molecule has 19 heavy (non-hydrogen) atoms. The van der Waals surface area contributed by atoms with Gasteiger partial charge < -0.3 is 10.6 Å². The van der Waals surface area contributed by atoms with Gasteiger partial charge >= 0.3 is 0 Å². The zero-order chi connectivity index (χ0) is 13.7. The van der Waals surface area contributed by atoms with E-state index in [-0.39, 0.29) is 11.7 Å². The van der Waals surface area contributed by atoms with E-state index in [1.165, 1.54) is 24.3 Å². The van der Waals surface area contributed by atoms with Gasteiger partial charge in [0.15, 0.2) is 0 Å². The average molecular weight is 258 g/mol. The van der Waals surface area contributed by atoms with Crippen LogP contribution in [-0.2, 0) is 6.54 Å². The predicted octanol–water partition coefficient (Wildman–Crippen LogP) is 2.80. The highest BCUT2D eigenvalue weighted by molar-refractivity contribution is 6.04. The smallest absolute Gasteiger partial charge is 0.255 e. The number of hydrogen-bond donors (Lipinski definition) is 2. The molecular weight excluding hydrogens is 243 g/mol. The Morgan fingerprint density at radius 1 is 1.05 bits per heavy atom. The van der Waals surface area contributed by atoms with Crippen LogP contribution in [0.4, 0.5) is 10.1 Å². The molecule has 0 unspecified atom stereocenters. The molecule has 0 aliphatic rings. The molecular formula is C15H15FN2O. The van der Waals surface area contributed by atoms with E-state index < -0.39 is 0 Å². The van der Waals surface area contributed by atoms with E-state index in [0.29, 0.717) is 11.3 Å². The summed E-state index contributed by atoms with van der Waals surface area (Å²) < 4.78 is 12.8. The van der Waals surface area contributed by atoms with Gasteiger partial charge in [-0.1, -0.05) is 12.1 Å². The molecule has 0 fully saturated rings. The molecule has 0 aliphatic carbocycles. The molecule has 0 saturated heterocycles. The number of benzene rings is 2. The first kappa shape index (κ1) is 13.2. The van der Waals surface area contributed by atoms with Crippen LogP contribution in [0.1, 0.15) is 15.9 Å². The van der Waals surface area contributed by atoms with Crippen molar-refractivity contribution in [2.24, 2.45) is 0 Å². The molecule has 2 rings (SSSR count). The second-order valence-electron chi connectivity index (χ2n) is 4.19. The van der Waals surface area contributed by atoms with Crippen LogP contribution in [0.25, 0.3) is 0 Å². The van der Waals surface area contributed by atoms with Gasteiger partial charge in [-0.05, 0) is 49.0 Å². The molecule has 0 bridgehead atoms. The van der Waals surface area contributed by atoms with Crippen LogP contribution < -0.4 is 10.6 Å². The van der Waals surface area contributed by atoms with Crippen molar-refractivity contribution in [3.8, 4) is 0 Å². The second-order valence-corrected chi connectivity index (χ2v) is 4.19. The number of carbonyl (C=O) groups excluding carboxylic acids is 1.